The normalized spacial score (nSPS) is 10.6. The Bertz CT molecular complexity index is 636. The van der Waals surface area contributed by atoms with E-state index in [1.165, 1.54) is 14.2 Å². The Morgan fingerprint density at radius 1 is 1.40 bits per heavy atom. The Hall–Kier alpha value is -1.41. The first-order valence-electron chi connectivity index (χ1n) is 5.91. The van der Waals surface area contributed by atoms with Gasteiger partial charge in [-0.25, -0.2) is 9.78 Å². The van der Waals surface area contributed by atoms with Gasteiger partial charge in [0.1, 0.15) is 5.69 Å². The summed E-state index contributed by atoms with van der Waals surface area (Å²) in [5, 5.41) is 0. The Labute approximate surface area is 130 Å². The predicted molar refractivity (Wildman–Crippen MR) is 81.4 cm³/mol. The van der Waals surface area contributed by atoms with E-state index >= 15 is 0 Å². The third-order valence-electron chi connectivity index (χ3n) is 2.77. The van der Waals surface area contributed by atoms with Crippen LogP contribution >= 0.6 is 22.6 Å². The molecule has 6 heteroatoms. The van der Waals surface area contributed by atoms with Gasteiger partial charge in [-0.05, 0) is 41.1 Å². The van der Waals surface area contributed by atoms with E-state index in [2.05, 4.69) is 27.6 Å². The van der Waals surface area contributed by atoms with E-state index in [4.69, 9.17) is 13.9 Å². The molecule has 0 radical (unpaired) electrons. The molecule has 0 spiro atoms. The van der Waals surface area contributed by atoms with E-state index in [1.54, 1.807) is 0 Å². The highest BCUT2D eigenvalue weighted by atomic mass is 127. The molecule has 0 saturated carbocycles. The molecule has 1 aromatic carbocycles. The maximum absolute atomic E-state index is 11.7. The number of hydrogen-bond donors (Lipinski definition) is 0. The highest BCUT2D eigenvalue weighted by Gasteiger charge is 2.22. The van der Waals surface area contributed by atoms with Crippen LogP contribution in [0.2, 0.25) is 0 Å². The zero-order chi connectivity index (χ0) is 14.7. The van der Waals surface area contributed by atoms with Gasteiger partial charge < -0.3 is 13.9 Å². The number of methoxy groups -OCH3 is 2. The van der Waals surface area contributed by atoms with Gasteiger partial charge in [-0.3, -0.25) is 0 Å². The number of rotatable bonds is 4. The summed E-state index contributed by atoms with van der Waals surface area (Å²) in [5.74, 6) is -0.0781. The van der Waals surface area contributed by atoms with Crippen LogP contribution in [0.4, 0.5) is 0 Å². The van der Waals surface area contributed by atoms with Crippen molar-refractivity contribution in [3.8, 4) is 11.5 Å². The molecule has 20 heavy (non-hydrogen) atoms. The van der Waals surface area contributed by atoms with Gasteiger partial charge in [0.2, 0.25) is 11.7 Å². The highest BCUT2D eigenvalue weighted by Crippen LogP contribution is 2.29. The summed E-state index contributed by atoms with van der Waals surface area (Å²) < 4.78 is 16.3. The molecular weight excluding hydrogens is 373 g/mol. The van der Waals surface area contributed by atoms with Crippen LogP contribution in [0.1, 0.15) is 21.8 Å². The number of benzene rings is 1. The highest BCUT2D eigenvalue weighted by molar-refractivity contribution is 14.1. The maximum Gasteiger partial charge on any atom is 0.376 e. The molecule has 0 bridgehead atoms. The van der Waals surface area contributed by atoms with E-state index < -0.39 is 5.97 Å². The molecule has 0 aliphatic heterocycles. The fourth-order valence-electron chi connectivity index (χ4n) is 1.77. The van der Waals surface area contributed by atoms with Crippen molar-refractivity contribution in [2.45, 2.75) is 13.5 Å². The molecular formula is C14H14INO4. The van der Waals surface area contributed by atoms with Crippen LogP contribution < -0.4 is 0 Å². The minimum absolute atomic E-state index is 0.0849. The van der Waals surface area contributed by atoms with Crippen molar-refractivity contribution in [3.05, 3.63) is 38.8 Å². The third-order valence-corrected chi connectivity index (χ3v) is 4.20. The second kappa shape index (κ2) is 6.36. The second-order valence-electron chi connectivity index (χ2n) is 4.16. The average molecular weight is 387 g/mol. The second-order valence-corrected chi connectivity index (χ2v) is 5.23. The first-order chi connectivity index (χ1) is 9.58. The molecule has 2 rings (SSSR count). The number of carbonyl (C=O) groups excluding carboxylic acids is 1. The molecule has 0 unspecified atom stereocenters. The Morgan fingerprint density at radius 3 is 2.80 bits per heavy atom. The third kappa shape index (κ3) is 2.85. The standard InChI is InChI=1S/C14H14INO4/c1-8-5-4-6-9(11(8)15)13-16-10(7-18-2)12(20-13)14(17)19-3/h4-6H,7H2,1-3H3. The Balaban J connectivity index is 2.52. The average Bonchev–Trinajstić information content (AvgIpc) is 2.85. The van der Waals surface area contributed by atoms with Crippen LogP contribution in [0.15, 0.2) is 22.6 Å². The van der Waals surface area contributed by atoms with Crippen molar-refractivity contribution in [1.82, 2.24) is 4.98 Å². The number of nitrogens with zero attached hydrogens (tertiary/aromatic N) is 1. The van der Waals surface area contributed by atoms with Crippen molar-refractivity contribution in [2.24, 2.45) is 0 Å². The molecule has 1 aromatic heterocycles. The summed E-state index contributed by atoms with van der Waals surface area (Å²) in [6.07, 6.45) is 0. The number of aromatic nitrogens is 1. The summed E-state index contributed by atoms with van der Waals surface area (Å²) in [6, 6.07) is 5.83. The molecule has 0 saturated heterocycles. The topological polar surface area (TPSA) is 61.6 Å². The van der Waals surface area contributed by atoms with Crippen LogP contribution in [0.5, 0.6) is 0 Å². The number of halogens is 1. The maximum atomic E-state index is 11.7. The van der Waals surface area contributed by atoms with Gasteiger partial charge in [-0.1, -0.05) is 12.1 Å². The van der Waals surface area contributed by atoms with Gasteiger partial charge in [0.05, 0.1) is 19.3 Å². The molecule has 1 heterocycles. The zero-order valence-electron chi connectivity index (χ0n) is 11.4. The van der Waals surface area contributed by atoms with Crippen molar-refractivity contribution in [1.29, 1.82) is 0 Å². The van der Waals surface area contributed by atoms with Gasteiger partial charge in [0.25, 0.3) is 0 Å². The van der Waals surface area contributed by atoms with Crippen molar-refractivity contribution in [3.63, 3.8) is 0 Å². The molecule has 106 valence electrons. The van der Waals surface area contributed by atoms with Crippen molar-refractivity contribution < 1.29 is 18.7 Å². The molecule has 0 atom stereocenters. The summed E-state index contributed by atoms with van der Waals surface area (Å²) in [4.78, 5) is 16.0. The first kappa shape index (κ1) is 15.0. The lowest BCUT2D eigenvalue weighted by molar-refractivity contribution is 0.0559. The van der Waals surface area contributed by atoms with Crippen LogP contribution in [-0.4, -0.2) is 25.2 Å². The van der Waals surface area contributed by atoms with Crippen molar-refractivity contribution in [2.75, 3.05) is 14.2 Å². The summed E-state index contributed by atoms with van der Waals surface area (Å²) in [6.45, 7) is 2.20. The molecule has 0 N–H and O–H groups in total. The van der Waals surface area contributed by atoms with Gasteiger partial charge in [0, 0.05) is 10.7 Å². The van der Waals surface area contributed by atoms with E-state index in [0.29, 0.717) is 11.6 Å². The quantitative estimate of drug-likeness (QED) is 0.596. The number of esters is 1. The van der Waals surface area contributed by atoms with Gasteiger partial charge in [-0.2, -0.15) is 0 Å². The lowest BCUT2D eigenvalue weighted by Crippen LogP contribution is -2.04. The first-order valence-corrected chi connectivity index (χ1v) is 6.98. The summed E-state index contributed by atoms with van der Waals surface area (Å²) >= 11 is 2.23. The predicted octanol–water partition coefficient (Wildman–Crippen LogP) is 3.19. The number of carbonyl (C=O) groups is 1. The largest absolute Gasteiger partial charge is 0.463 e. The molecule has 0 amide bonds. The Morgan fingerprint density at radius 2 is 2.15 bits per heavy atom. The van der Waals surface area contributed by atoms with E-state index in [9.17, 15) is 4.79 Å². The van der Waals surface area contributed by atoms with E-state index in [1.807, 2.05) is 25.1 Å². The molecule has 0 aliphatic rings. The number of ether oxygens (including phenoxy) is 2. The molecule has 0 aliphatic carbocycles. The van der Waals surface area contributed by atoms with Crippen LogP contribution in [0.25, 0.3) is 11.5 Å². The summed E-state index contributed by atoms with van der Waals surface area (Å²) in [7, 11) is 2.84. The SMILES string of the molecule is COCc1nc(-c2cccc(C)c2I)oc1C(=O)OC. The van der Waals surface area contributed by atoms with Crippen LogP contribution in [0, 0.1) is 10.5 Å². The fourth-order valence-corrected chi connectivity index (χ4v) is 2.36. The lowest BCUT2D eigenvalue weighted by atomic mass is 10.1. The molecule has 5 nitrogen and oxygen atoms in total. The monoisotopic (exact) mass is 387 g/mol. The minimum atomic E-state index is -0.557. The van der Waals surface area contributed by atoms with Crippen LogP contribution in [-0.2, 0) is 16.1 Å². The number of hydrogen-bond acceptors (Lipinski definition) is 5. The molecule has 0 fully saturated rings. The number of aryl methyl sites for hydroxylation is 1. The van der Waals surface area contributed by atoms with Gasteiger partial charge in [0.15, 0.2) is 0 Å². The van der Waals surface area contributed by atoms with E-state index in [0.717, 1.165) is 14.7 Å². The zero-order valence-corrected chi connectivity index (χ0v) is 13.6. The smallest absolute Gasteiger partial charge is 0.376 e. The lowest BCUT2D eigenvalue weighted by Gasteiger charge is -2.02. The Kier molecular flexibility index (Phi) is 4.77. The van der Waals surface area contributed by atoms with E-state index in [-0.39, 0.29) is 12.4 Å². The van der Waals surface area contributed by atoms with Crippen molar-refractivity contribution >= 4 is 28.6 Å². The van der Waals surface area contributed by atoms with Gasteiger partial charge >= 0.3 is 5.97 Å². The minimum Gasteiger partial charge on any atom is -0.463 e. The number of oxazole rings is 1. The van der Waals surface area contributed by atoms with Crippen LogP contribution in [0.3, 0.4) is 0 Å². The fraction of sp³-hybridized carbons (Fsp3) is 0.286. The molecule has 2 aromatic rings. The summed E-state index contributed by atoms with van der Waals surface area (Å²) in [5.41, 5.74) is 2.40. The van der Waals surface area contributed by atoms with Gasteiger partial charge in [-0.15, -0.1) is 0 Å².